The second kappa shape index (κ2) is 3.42. The van der Waals surface area contributed by atoms with Crippen molar-refractivity contribution in [1.29, 1.82) is 0 Å². The van der Waals surface area contributed by atoms with Crippen LogP contribution in [0.25, 0.3) is 0 Å². The van der Waals surface area contributed by atoms with Crippen LogP contribution in [0.1, 0.15) is 49.3 Å². The SMILES string of the molecule is CC(C)(c1nnc(C2CC2)o1)c1cccs1. The van der Waals surface area contributed by atoms with E-state index in [1.54, 1.807) is 11.3 Å². The summed E-state index contributed by atoms with van der Waals surface area (Å²) in [4.78, 5) is 1.26. The van der Waals surface area contributed by atoms with Gasteiger partial charge in [-0.25, -0.2) is 0 Å². The summed E-state index contributed by atoms with van der Waals surface area (Å²) in [5.74, 6) is 2.08. The van der Waals surface area contributed by atoms with E-state index in [1.165, 1.54) is 17.7 Å². The van der Waals surface area contributed by atoms with E-state index in [1.807, 2.05) is 0 Å². The number of thiophene rings is 1. The first-order valence-corrected chi connectivity index (χ1v) is 6.44. The van der Waals surface area contributed by atoms with Crippen molar-refractivity contribution in [2.24, 2.45) is 0 Å². The normalized spacial score (nSPS) is 16.6. The summed E-state index contributed by atoms with van der Waals surface area (Å²) >= 11 is 1.73. The quantitative estimate of drug-likeness (QED) is 0.817. The average molecular weight is 234 g/mol. The summed E-state index contributed by atoms with van der Waals surface area (Å²) < 4.78 is 5.78. The van der Waals surface area contributed by atoms with Gasteiger partial charge in [-0.3, -0.25) is 0 Å². The molecule has 0 atom stereocenters. The van der Waals surface area contributed by atoms with Crippen molar-refractivity contribution < 1.29 is 4.42 Å². The molecule has 0 bridgehead atoms. The Morgan fingerprint density at radius 2 is 2.19 bits per heavy atom. The topological polar surface area (TPSA) is 38.9 Å². The second-order valence-electron chi connectivity index (χ2n) is 4.82. The van der Waals surface area contributed by atoms with Crippen molar-refractivity contribution >= 4 is 11.3 Å². The lowest BCUT2D eigenvalue weighted by Crippen LogP contribution is -2.17. The van der Waals surface area contributed by atoms with Crippen molar-refractivity contribution in [1.82, 2.24) is 10.2 Å². The number of hydrogen-bond donors (Lipinski definition) is 0. The van der Waals surface area contributed by atoms with Crippen molar-refractivity contribution in [3.63, 3.8) is 0 Å². The first-order chi connectivity index (χ1) is 7.68. The van der Waals surface area contributed by atoms with E-state index in [0.717, 1.165) is 11.8 Å². The molecule has 2 aromatic heterocycles. The fourth-order valence-corrected chi connectivity index (χ4v) is 2.56. The summed E-state index contributed by atoms with van der Waals surface area (Å²) in [5, 5.41) is 10.4. The Balaban J connectivity index is 1.95. The summed E-state index contributed by atoms with van der Waals surface area (Å²) in [6.45, 7) is 4.26. The predicted molar refractivity (Wildman–Crippen MR) is 62.7 cm³/mol. The molecule has 0 unspecified atom stereocenters. The molecule has 84 valence electrons. The molecule has 1 fully saturated rings. The lowest BCUT2D eigenvalue weighted by molar-refractivity contribution is 0.391. The second-order valence-corrected chi connectivity index (χ2v) is 5.77. The van der Waals surface area contributed by atoms with Crippen LogP contribution in [0.15, 0.2) is 21.9 Å². The highest BCUT2D eigenvalue weighted by Gasteiger charge is 2.34. The maximum Gasteiger partial charge on any atom is 0.227 e. The van der Waals surface area contributed by atoms with Crippen LogP contribution in [0.4, 0.5) is 0 Å². The minimum Gasteiger partial charge on any atom is -0.424 e. The zero-order valence-corrected chi connectivity index (χ0v) is 10.3. The van der Waals surface area contributed by atoms with Gasteiger partial charge in [-0.15, -0.1) is 21.5 Å². The molecule has 0 saturated heterocycles. The Kier molecular flexibility index (Phi) is 2.14. The number of hydrogen-bond acceptors (Lipinski definition) is 4. The van der Waals surface area contributed by atoms with Crippen LogP contribution in [0.3, 0.4) is 0 Å². The van der Waals surface area contributed by atoms with E-state index >= 15 is 0 Å². The van der Waals surface area contributed by atoms with Gasteiger partial charge in [0.25, 0.3) is 0 Å². The molecule has 4 heteroatoms. The van der Waals surface area contributed by atoms with Crippen LogP contribution in [0.2, 0.25) is 0 Å². The molecule has 3 rings (SSSR count). The molecule has 0 radical (unpaired) electrons. The van der Waals surface area contributed by atoms with Crippen LogP contribution in [0, 0.1) is 0 Å². The Labute approximate surface area is 98.5 Å². The standard InChI is InChI=1S/C12H14N2OS/c1-12(2,9-4-3-7-16-9)11-14-13-10(15-11)8-5-6-8/h3-4,7-8H,5-6H2,1-2H3. The zero-order chi connectivity index (χ0) is 11.2. The van der Waals surface area contributed by atoms with Crippen molar-refractivity contribution in [2.45, 2.75) is 38.0 Å². The maximum absolute atomic E-state index is 5.78. The summed E-state index contributed by atoms with van der Waals surface area (Å²) in [5.41, 5.74) is -0.172. The number of aromatic nitrogens is 2. The Morgan fingerprint density at radius 1 is 1.38 bits per heavy atom. The molecular weight excluding hydrogens is 220 g/mol. The first kappa shape index (κ1) is 10.0. The van der Waals surface area contributed by atoms with E-state index in [0.29, 0.717) is 5.92 Å². The van der Waals surface area contributed by atoms with Gasteiger partial charge in [0.05, 0.1) is 5.41 Å². The smallest absolute Gasteiger partial charge is 0.227 e. The van der Waals surface area contributed by atoms with E-state index in [-0.39, 0.29) is 5.41 Å². The molecule has 3 nitrogen and oxygen atoms in total. The third kappa shape index (κ3) is 1.57. The molecule has 1 aliphatic rings. The highest BCUT2D eigenvalue weighted by molar-refractivity contribution is 7.10. The molecular formula is C12H14N2OS. The van der Waals surface area contributed by atoms with Crippen molar-refractivity contribution in [2.75, 3.05) is 0 Å². The molecule has 0 N–H and O–H groups in total. The van der Waals surface area contributed by atoms with Crippen LogP contribution in [-0.4, -0.2) is 10.2 Å². The van der Waals surface area contributed by atoms with E-state index in [2.05, 4.69) is 41.6 Å². The lowest BCUT2D eigenvalue weighted by Gasteiger charge is -2.17. The third-order valence-electron chi connectivity index (χ3n) is 3.04. The highest BCUT2D eigenvalue weighted by atomic mass is 32.1. The Morgan fingerprint density at radius 3 is 2.81 bits per heavy atom. The van der Waals surface area contributed by atoms with Gasteiger partial charge >= 0.3 is 0 Å². The Hall–Kier alpha value is -1.16. The molecule has 16 heavy (non-hydrogen) atoms. The third-order valence-corrected chi connectivity index (χ3v) is 4.23. The molecule has 0 aromatic carbocycles. The van der Waals surface area contributed by atoms with E-state index in [4.69, 9.17) is 4.42 Å². The monoisotopic (exact) mass is 234 g/mol. The van der Waals surface area contributed by atoms with Gasteiger partial charge in [-0.1, -0.05) is 6.07 Å². The molecule has 0 spiro atoms. The van der Waals surface area contributed by atoms with E-state index in [9.17, 15) is 0 Å². The molecule has 1 aliphatic carbocycles. The summed E-state index contributed by atoms with van der Waals surface area (Å²) in [6, 6.07) is 4.17. The molecule has 2 aromatic rings. The molecule has 2 heterocycles. The van der Waals surface area contributed by atoms with Crippen molar-refractivity contribution in [3.05, 3.63) is 34.2 Å². The first-order valence-electron chi connectivity index (χ1n) is 5.56. The molecule has 1 saturated carbocycles. The fraction of sp³-hybridized carbons (Fsp3) is 0.500. The van der Waals surface area contributed by atoms with Crippen LogP contribution < -0.4 is 0 Å². The van der Waals surface area contributed by atoms with Gasteiger partial charge in [-0.2, -0.15) is 0 Å². The van der Waals surface area contributed by atoms with Gasteiger partial charge in [-0.05, 0) is 38.1 Å². The van der Waals surface area contributed by atoms with Gasteiger partial charge in [0.2, 0.25) is 11.8 Å². The van der Waals surface area contributed by atoms with Crippen LogP contribution in [0.5, 0.6) is 0 Å². The minimum absolute atomic E-state index is 0.172. The predicted octanol–water partition coefficient (Wildman–Crippen LogP) is 3.33. The average Bonchev–Trinajstić information content (AvgIpc) is 2.83. The minimum atomic E-state index is -0.172. The highest BCUT2D eigenvalue weighted by Crippen LogP contribution is 2.41. The largest absolute Gasteiger partial charge is 0.424 e. The van der Waals surface area contributed by atoms with Crippen molar-refractivity contribution in [3.8, 4) is 0 Å². The zero-order valence-electron chi connectivity index (χ0n) is 9.43. The summed E-state index contributed by atoms with van der Waals surface area (Å²) in [6.07, 6.45) is 2.39. The number of rotatable bonds is 3. The summed E-state index contributed by atoms with van der Waals surface area (Å²) in [7, 11) is 0. The van der Waals surface area contributed by atoms with Crippen LogP contribution in [-0.2, 0) is 5.41 Å². The van der Waals surface area contributed by atoms with Crippen LogP contribution >= 0.6 is 11.3 Å². The van der Waals surface area contributed by atoms with Gasteiger partial charge in [0.1, 0.15) is 0 Å². The Bertz CT molecular complexity index is 483. The maximum atomic E-state index is 5.78. The van der Waals surface area contributed by atoms with Gasteiger partial charge < -0.3 is 4.42 Å². The van der Waals surface area contributed by atoms with Gasteiger partial charge in [0, 0.05) is 10.8 Å². The fourth-order valence-electron chi connectivity index (χ4n) is 1.72. The number of nitrogens with zero attached hydrogens (tertiary/aromatic N) is 2. The molecule has 0 aliphatic heterocycles. The molecule has 0 amide bonds. The van der Waals surface area contributed by atoms with Gasteiger partial charge in [0.15, 0.2) is 0 Å². The van der Waals surface area contributed by atoms with E-state index < -0.39 is 0 Å². The lowest BCUT2D eigenvalue weighted by atomic mass is 9.91.